The van der Waals surface area contributed by atoms with Crippen molar-refractivity contribution < 1.29 is 18.8 Å². The fraction of sp³-hybridized carbons (Fsp3) is 0.0769. The summed E-state index contributed by atoms with van der Waals surface area (Å²) in [6, 6.07) is 6.22. The van der Waals surface area contributed by atoms with Crippen molar-refractivity contribution in [2.45, 2.75) is 0 Å². The highest BCUT2D eigenvalue weighted by Gasteiger charge is 2.22. The average Bonchev–Trinajstić information content (AvgIpc) is 3.13. The molecule has 0 aliphatic carbocycles. The number of ether oxygens (including phenoxy) is 2. The van der Waals surface area contributed by atoms with Crippen LogP contribution in [0.1, 0.15) is 11.3 Å². The number of benzene rings is 1. The molecule has 0 saturated carbocycles. The topological polar surface area (TPSA) is 99.5 Å². The number of hydrogen-bond donors (Lipinski definition) is 0. The zero-order valence-electron chi connectivity index (χ0n) is 10.6. The Hall–Kier alpha value is -3.16. The SMILES string of the molecule is O=[N+]([O-])c1cc2c(cc1/C=N/N=C/c1ccco1)OCO2. The van der Waals surface area contributed by atoms with E-state index >= 15 is 0 Å². The number of nitrogens with zero attached hydrogens (tertiary/aromatic N) is 3. The third-order valence-electron chi connectivity index (χ3n) is 2.71. The molecule has 8 nitrogen and oxygen atoms in total. The predicted octanol–water partition coefficient (Wildman–Crippen LogP) is 2.37. The second-order valence-electron chi connectivity index (χ2n) is 4.03. The van der Waals surface area contributed by atoms with Crippen molar-refractivity contribution in [2.75, 3.05) is 6.79 Å². The Morgan fingerprint density at radius 3 is 2.67 bits per heavy atom. The average molecular weight is 287 g/mol. The van der Waals surface area contributed by atoms with Crippen LogP contribution in [0.25, 0.3) is 0 Å². The molecule has 1 aliphatic heterocycles. The molecule has 0 saturated heterocycles. The lowest BCUT2D eigenvalue weighted by atomic mass is 10.1. The molecule has 1 aromatic carbocycles. The molecule has 0 spiro atoms. The quantitative estimate of drug-likeness (QED) is 0.488. The third kappa shape index (κ3) is 2.73. The molecule has 2 aromatic rings. The lowest BCUT2D eigenvalue weighted by molar-refractivity contribution is -0.385. The first-order valence-electron chi connectivity index (χ1n) is 5.92. The maximum absolute atomic E-state index is 11.0. The Kier molecular flexibility index (Phi) is 3.34. The van der Waals surface area contributed by atoms with Crippen LogP contribution in [0.2, 0.25) is 0 Å². The smallest absolute Gasteiger partial charge is 0.282 e. The Bertz CT molecular complexity index is 722. The fourth-order valence-corrected chi connectivity index (χ4v) is 1.76. The highest BCUT2D eigenvalue weighted by atomic mass is 16.7. The van der Waals surface area contributed by atoms with Crippen molar-refractivity contribution in [3.05, 3.63) is 52.0 Å². The number of hydrogen-bond acceptors (Lipinski definition) is 7. The second kappa shape index (κ2) is 5.45. The standard InChI is InChI=1S/C13H9N3O5/c17-16(18)11-5-13-12(20-8-21-13)4-9(11)6-14-15-7-10-2-1-3-19-10/h1-7H,8H2/b14-6+,15-7+. The summed E-state index contributed by atoms with van der Waals surface area (Å²) >= 11 is 0. The van der Waals surface area contributed by atoms with Gasteiger partial charge >= 0.3 is 0 Å². The minimum atomic E-state index is -0.514. The molecule has 2 heterocycles. The molecule has 21 heavy (non-hydrogen) atoms. The summed E-state index contributed by atoms with van der Waals surface area (Å²) in [6.07, 6.45) is 4.18. The van der Waals surface area contributed by atoms with Crippen LogP contribution in [-0.2, 0) is 0 Å². The van der Waals surface area contributed by atoms with Crippen molar-refractivity contribution >= 4 is 18.1 Å². The number of furan rings is 1. The second-order valence-corrected chi connectivity index (χ2v) is 4.03. The summed E-state index contributed by atoms with van der Waals surface area (Å²) in [4.78, 5) is 10.5. The molecule has 3 rings (SSSR count). The number of nitro groups is 1. The van der Waals surface area contributed by atoms with Gasteiger partial charge in [-0.25, -0.2) is 0 Å². The van der Waals surface area contributed by atoms with Crippen LogP contribution in [0.3, 0.4) is 0 Å². The van der Waals surface area contributed by atoms with E-state index < -0.39 is 4.92 Å². The normalized spacial score (nSPS) is 13.3. The van der Waals surface area contributed by atoms with Crippen LogP contribution >= 0.6 is 0 Å². The van der Waals surface area contributed by atoms with Gasteiger partial charge in [0.15, 0.2) is 11.5 Å². The summed E-state index contributed by atoms with van der Waals surface area (Å²) in [5, 5.41) is 18.6. The van der Waals surface area contributed by atoms with Gasteiger partial charge in [-0.1, -0.05) is 0 Å². The predicted molar refractivity (Wildman–Crippen MR) is 73.1 cm³/mol. The van der Waals surface area contributed by atoms with Gasteiger partial charge in [-0.2, -0.15) is 10.2 Å². The van der Waals surface area contributed by atoms with Crippen LogP contribution in [0, 0.1) is 10.1 Å². The molecular formula is C13H9N3O5. The first-order valence-corrected chi connectivity index (χ1v) is 5.92. The van der Waals surface area contributed by atoms with Gasteiger partial charge < -0.3 is 13.9 Å². The van der Waals surface area contributed by atoms with E-state index in [9.17, 15) is 10.1 Å². The van der Waals surface area contributed by atoms with Gasteiger partial charge in [0, 0.05) is 0 Å². The molecule has 0 bridgehead atoms. The number of fused-ring (bicyclic) bond motifs is 1. The molecule has 0 amide bonds. The van der Waals surface area contributed by atoms with E-state index in [-0.39, 0.29) is 18.0 Å². The number of rotatable bonds is 4. The maximum atomic E-state index is 11.0. The maximum Gasteiger partial charge on any atom is 0.282 e. The molecule has 0 N–H and O–H groups in total. The molecular weight excluding hydrogens is 278 g/mol. The van der Waals surface area contributed by atoms with Crippen LogP contribution in [0.5, 0.6) is 11.5 Å². The van der Waals surface area contributed by atoms with E-state index in [0.29, 0.717) is 17.3 Å². The lowest BCUT2D eigenvalue weighted by Crippen LogP contribution is -1.94. The lowest BCUT2D eigenvalue weighted by Gasteiger charge is -1.99. The van der Waals surface area contributed by atoms with E-state index in [1.54, 1.807) is 12.1 Å². The van der Waals surface area contributed by atoms with Crippen LogP contribution in [0.15, 0.2) is 45.1 Å². The molecule has 0 atom stereocenters. The molecule has 0 fully saturated rings. The third-order valence-corrected chi connectivity index (χ3v) is 2.71. The Morgan fingerprint density at radius 1 is 1.19 bits per heavy atom. The minimum absolute atomic E-state index is 0.0454. The molecule has 0 radical (unpaired) electrons. The van der Waals surface area contributed by atoms with Crippen molar-refractivity contribution in [3.63, 3.8) is 0 Å². The van der Waals surface area contributed by atoms with E-state index in [1.807, 2.05) is 0 Å². The van der Waals surface area contributed by atoms with Crippen molar-refractivity contribution in [3.8, 4) is 11.5 Å². The Labute approximate surface area is 118 Å². The Balaban J connectivity index is 1.85. The molecule has 1 aliphatic rings. The van der Waals surface area contributed by atoms with E-state index in [4.69, 9.17) is 13.9 Å². The molecule has 0 unspecified atom stereocenters. The molecule has 106 valence electrons. The van der Waals surface area contributed by atoms with Gasteiger partial charge in [0.05, 0.1) is 35.2 Å². The summed E-state index contributed by atoms with van der Waals surface area (Å²) in [7, 11) is 0. The van der Waals surface area contributed by atoms with Gasteiger partial charge in [-0.15, -0.1) is 0 Å². The first-order chi connectivity index (χ1) is 10.2. The van der Waals surface area contributed by atoms with Gasteiger partial charge in [-0.3, -0.25) is 10.1 Å². The highest BCUT2D eigenvalue weighted by molar-refractivity contribution is 5.87. The highest BCUT2D eigenvalue weighted by Crippen LogP contribution is 2.37. The van der Waals surface area contributed by atoms with Gasteiger partial charge in [0.1, 0.15) is 5.76 Å². The zero-order chi connectivity index (χ0) is 14.7. The largest absolute Gasteiger partial charge is 0.463 e. The van der Waals surface area contributed by atoms with E-state index in [0.717, 1.165) is 0 Å². The Morgan fingerprint density at radius 2 is 1.95 bits per heavy atom. The fourth-order valence-electron chi connectivity index (χ4n) is 1.76. The van der Waals surface area contributed by atoms with E-state index in [1.165, 1.54) is 30.8 Å². The van der Waals surface area contributed by atoms with Crippen molar-refractivity contribution in [1.82, 2.24) is 0 Å². The van der Waals surface area contributed by atoms with Crippen LogP contribution in [-0.4, -0.2) is 24.1 Å². The summed E-state index contributed by atoms with van der Waals surface area (Å²) in [6.45, 7) is 0.0454. The van der Waals surface area contributed by atoms with Gasteiger partial charge in [-0.05, 0) is 18.2 Å². The number of nitro benzene ring substituents is 1. The monoisotopic (exact) mass is 287 g/mol. The molecule has 1 aromatic heterocycles. The van der Waals surface area contributed by atoms with Crippen molar-refractivity contribution in [1.29, 1.82) is 0 Å². The summed E-state index contributed by atoms with van der Waals surface area (Å²) < 4.78 is 15.3. The summed E-state index contributed by atoms with van der Waals surface area (Å²) in [5.74, 6) is 1.32. The van der Waals surface area contributed by atoms with E-state index in [2.05, 4.69) is 10.2 Å². The van der Waals surface area contributed by atoms with Crippen molar-refractivity contribution in [2.24, 2.45) is 10.2 Å². The summed E-state index contributed by atoms with van der Waals surface area (Å²) in [5.41, 5.74) is 0.150. The van der Waals surface area contributed by atoms with Crippen LogP contribution < -0.4 is 9.47 Å². The first kappa shape index (κ1) is 12.9. The van der Waals surface area contributed by atoms with Gasteiger partial charge in [0.25, 0.3) is 5.69 Å². The van der Waals surface area contributed by atoms with Crippen LogP contribution in [0.4, 0.5) is 5.69 Å². The minimum Gasteiger partial charge on any atom is -0.463 e. The van der Waals surface area contributed by atoms with Gasteiger partial charge in [0.2, 0.25) is 6.79 Å². The molecule has 8 heteroatoms. The zero-order valence-corrected chi connectivity index (χ0v) is 10.6.